The van der Waals surface area contributed by atoms with E-state index in [1.807, 2.05) is 0 Å². The summed E-state index contributed by atoms with van der Waals surface area (Å²) in [7, 11) is -18.6. The minimum absolute atomic E-state index is 0. The molecule has 16 nitrogen and oxygen atoms in total. The van der Waals surface area contributed by atoms with Gasteiger partial charge in [-0.3, -0.25) is 0 Å². The van der Waals surface area contributed by atoms with Crippen molar-refractivity contribution >= 4 is 31.3 Å². The second-order valence-electron chi connectivity index (χ2n) is 2.05. The van der Waals surface area contributed by atoms with Crippen LogP contribution in [0.2, 0.25) is 0 Å². The maximum atomic E-state index is 8.88. The summed E-state index contributed by atoms with van der Waals surface area (Å²) < 4.78 is 35.5. The molecule has 0 aliphatic carbocycles. The van der Waals surface area contributed by atoms with Crippen LogP contribution >= 0.6 is 31.3 Å². The zero-order valence-corrected chi connectivity index (χ0v) is 24.4. The van der Waals surface area contributed by atoms with Gasteiger partial charge in [0.1, 0.15) is 0 Å². The van der Waals surface area contributed by atoms with Crippen molar-refractivity contribution < 1.29 is 201 Å². The molecule has 0 saturated heterocycles. The van der Waals surface area contributed by atoms with Crippen molar-refractivity contribution in [1.82, 2.24) is 0 Å². The summed E-state index contributed by atoms with van der Waals surface area (Å²) in [5.41, 5.74) is 0. The first kappa shape index (κ1) is 51.3. The van der Waals surface area contributed by atoms with Gasteiger partial charge < -0.3 is 64.4 Å². The second kappa shape index (κ2) is 23.7. The zero-order valence-electron chi connectivity index (χ0n) is 16.8. The first-order valence-corrected chi connectivity index (χ1v) is 9.39. The minimum atomic E-state index is -4.64. The van der Waals surface area contributed by atoms with E-state index in [2.05, 4.69) is 0 Å². The standard InChI is InChI=1S/4Na.4H3O4P.4H/c;;;;4*1-5(2,3)4;;;;/h;;;;4*(H3,1,2,3,4);;;;/q4*+1;;;;;4*-1. The van der Waals surface area contributed by atoms with E-state index in [0.717, 1.165) is 0 Å². The minimum Gasteiger partial charge on any atom is -1.00 e. The van der Waals surface area contributed by atoms with Crippen LogP contribution in [0.25, 0.3) is 0 Å². The first-order valence-electron chi connectivity index (χ1n) is 3.13. The Morgan fingerprint density at radius 3 is 0.333 bits per heavy atom. The van der Waals surface area contributed by atoms with E-state index in [9.17, 15) is 0 Å². The van der Waals surface area contributed by atoms with Gasteiger partial charge in [0.25, 0.3) is 0 Å². The molecule has 0 aromatic carbocycles. The van der Waals surface area contributed by atoms with Crippen molar-refractivity contribution in [3.63, 3.8) is 0 Å². The Bertz CT molecular complexity index is 311. The van der Waals surface area contributed by atoms with Crippen molar-refractivity contribution in [2.75, 3.05) is 0 Å². The largest absolute Gasteiger partial charge is 1.00 e. The summed E-state index contributed by atoms with van der Waals surface area (Å²) >= 11 is 0. The summed E-state index contributed by atoms with van der Waals surface area (Å²) in [6.07, 6.45) is 0. The molecule has 0 heterocycles. The second-order valence-corrected chi connectivity index (χ2v) is 6.16. The van der Waals surface area contributed by atoms with Gasteiger partial charge >= 0.3 is 150 Å². The van der Waals surface area contributed by atoms with E-state index in [4.69, 9.17) is 77.0 Å². The molecule has 136 valence electrons. The number of rotatable bonds is 0. The molecule has 0 spiro atoms. The molecule has 0 aromatic rings. The molecule has 0 saturated carbocycles. The van der Waals surface area contributed by atoms with Crippen molar-refractivity contribution in [1.29, 1.82) is 0 Å². The Balaban J connectivity index is -0.0000000111. The summed E-state index contributed by atoms with van der Waals surface area (Å²) in [4.78, 5) is 86.2. The number of hydrogen-bond donors (Lipinski definition) is 12. The Morgan fingerprint density at radius 2 is 0.333 bits per heavy atom. The summed E-state index contributed by atoms with van der Waals surface area (Å²) in [6, 6.07) is 0. The fraction of sp³-hybridized carbons (Fsp3) is 0. The van der Waals surface area contributed by atoms with Crippen LogP contribution in [0.4, 0.5) is 0 Å². The quantitative estimate of drug-likeness (QED) is 0.111. The van der Waals surface area contributed by atoms with Crippen molar-refractivity contribution in [3.8, 4) is 0 Å². The number of phosphoric acid groups is 4. The van der Waals surface area contributed by atoms with Crippen LogP contribution in [-0.4, -0.2) is 58.7 Å². The van der Waals surface area contributed by atoms with Gasteiger partial charge in [-0.05, 0) is 0 Å². The van der Waals surface area contributed by atoms with Crippen LogP contribution in [0.1, 0.15) is 5.71 Å². The van der Waals surface area contributed by atoms with Gasteiger partial charge in [0.2, 0.25) is 0 Å². The predicted molar refractivity (Wildman–Crippen MR) is 61.5 cm³/mol. The molecule has 12 N–H and O–H groups in total. The molecule has 0 aliphatic heterocycles. The van der Waals surface area contributed by atoms with E-state index in [1.165, 1.54) is 0 Å². The average molecular weight is 488 g/mol. The topological polar surface area (TPSA) is 311 Å². The molecule has 0 amide bonds. The molecule has 0 unspecified atom stereocenters. The zero-order chi connectivity index (χ0) is 18.0. The average Bonchev–Trinajstić information content (AvgIpc) is 1.62. The van der Waals surface area contributed by atoms with Gasteiger partial charge in [-0.25, -0.2) is 18.3 Å². The Labute approximate surface area is 229 Å². The molecular formula is H16Na4O16P4. The van der Waals surface area contributed by atoms with Crippen LogP contribution in [0, 0.1) is 0 Å². The van der Waals surface area contributed by atoms with Crippen LogP contribution in [0.5, 0.6) is 0 Å². The van der Waals surface area contributed by atoms with Crippen LogP contribution < -0.4 is 118 Å². The van der Waals surface area contributed by atoms with Crippen LogP contribution in [0.3, 0.4) is 0 Å². The molecule has 0 radical (unpaired) electrons. The van der Waals surface area contributed by atoms with Gasteiger partial charge in [-0.2, -0.15) is 0 Å². The summed E-state index contributed by atoms with van der Waals surface area (Å²) in [5, 5.41) is 0. The van der Waals surface area contributed by atoms with E-state index >= 15 is 0 Å². The smallest absolute Gasteiger partial charge is 1.00 e. The number of hydrogen-bond acceptors (Lipinski definition) is 4. The van der Waals surface area contributed by atoms with E-state index in [-0.39, 0.29) is 124 Å². The third kappa shape index (κ3) is 868. The molecule has 0 aliphatic rings. The molecule has 24 heteroatoms. The van der Waals surface area contributed by atoms with E-state index < -0.39 is 31.3 Å². The third-order valence-electron chi connectivity index (χ3n) is 0. The van der Waals surface area contributed by atoms with Gasteiger partial charge in [-0.1, -0.05) is 0 Å². The van der Waals surface area contributed by atoms with Gasteiger partial charge in [-0.15, -0.1) is 0 Å². The SMILES string of the molecule is O=P(O)(O)O.O=P(O)(O)O.O=P(O)(O)O.O=P(O)(O)O.[H-].[H-].[H-].[H-].[Na+].[Na+].[Na+].[Na+]. The van der Waals surface area contributed by atoms with Crippen molar-refractivity contribution in [3.05, 3.63) is 0 Å². The monoisotopic (exact) mass is 488 g/mol. The maximum absolute atomic E-state index is 8.88. The van der Waals surface area contributed by atoms with Gasteiger partial charge in [0.15, 0.2) is 0 Å². The first-order chi connectivity index (χ1) is 8.00. The maximum Gasteiger partial charge on any atom is 1.00 e. The Kier molecular flexibility index (Phi) is 50.6. The van der Waals surface area contributed by atoms with Gasteiger partial charge in [0.05, 0.1) is 0 Å². The molecule has 0 rings (SSSR count). The van der Waals surface area contributed by atoms with Crippen LogP contribution in [0.15, 0.2) is 0 Å². The molecule has 0 bridgehead atoms. The van der Waals surface area contributed by atoms with Crippen molar-refractivity contribution in [2.45, 2.75) is 0 Å². The fourth-order valence-corrected chi connectivity index (χ4v) is 0. The fourth-order valence-electron chi connectivity index (χ4n) is 0. The molecular weight excluding hydrogens is 472 g/mol. The molecule has 0 atom stereocenters. The van der Waals surface area contributed by atoms with E-state index in [1.54, 1.807) is 0 Å². The van der Waals surface area contributed by atoms with E-state index in [0.29, 0.717) is 0 Å². The molecule has 0 fully saturated rings. The predicted octanol–water partition coefficient (Wildman–Crippen LogP) is -15.2. The van der Waals surface area contributed by atoms with Crippen molar-refractivity contribution in [2.24, 2.45) is 0 Å². The summed E-state index contributed by atoms with van der Waals surface area (Å²) in [6.45, 7) is 0. The Hall–Kier alpha value is 4.44. The third-order valence-corrected chi connectivity index (χ3v) is 0. The van der Waals surface area contributed by atoms with Gasteiger partial charge in [0, 0.05) is 0 Å². The normalized spacial score (nSPS) is 9.83. The molecule has 24 heavy (non-hydrogen) atoms. The van der Waals surface area contributed by atoms with Crippen LogP contribution in [-0.2, 0) is 18.3 Å². The Morgan fingerprint density at radius 1 is 0.333 bits per heavy atom. The summed E-state index contributed by atoms with van der Waals surface area (Å²) in [5.74, 6) is 0. The molecule has 0 aromatic heterocycles.